The summed E-state index contributed by atoms with van der Waals surface area (Å²) in [4.78, 5) is 11.0. The van der Waals surface area contributed by atoms with Crippen LogP contribution in [0, 0.1) is 13.8 Å². The lowest BCUT2D eigenvalue weighted by Gasteiger charge is -2.19. The molecule has 0 bridgehead atoms. The Morgan fingerprint density at radius 1 is 1.30 bits per heavy atom. The highest BCUT2D eigenvalue weighted by Crippen LogP contribution is 2.35. The number of nitrogens with zero attached hydrogens (tertiary/aromatic N) is 2. The summed E-state index contributed by atoms with van der Waals surface area (Å²) in [5, 5.41) is 5.24. The fraction of sp³-hybridized carbons (Fsp3) is 0.375. The first kappa shape index (κ1) is 16.3. The Labute approximate surface area is 147 Å². The molecule has 5 nitrogen and oxygen atoms in total. The highest BCUT2D eigenvalue weighted by Gasteiger charge is 2.15. The van der Waals surface area contributed by atoms with Crippen molar-refractivity contribution in [1.29, 1.82) is 0 Å². The first-order valence-corrected chi connectivity index (χ1v) is 8.84. The molecule has 0 amide bonds. The summed E-state index contributed by atoms with van der Waals surface area (Å²) in [6.07, 6.45) is 0. The Morgan fingerprint density at radius 3 is 2.65 bits per heavy atom. The highest BCUT2D eigenvalue weighted by atomic mass is 79.9. The maximum absolute atomic E-state index is 5.59. The van der Waals surface area contributed by atoms with Crippen LogP contribution in [0.1, 0.15) is 28.1 Å². The minimum atomic E-state index is 0.353. The maximum Gasteiger partial charge on any atom is 0.162 e. The van der Waals surface area contributed by atoms with Crippen molar-refractivity contribution in [2.75, 3.05) is 13.2 Å². The molecular formula is C16H17BrN2O3S. The number of oxime groups is 1. The predicted molar refractivity (Wildman–Crippen MR) is 93.7 cm³/mol. The van der Waals surface area contributed by atoms with Gasteiger partial charge in [-0.15, -0.1) is 11.3 Å². The zero-order chi connectivity index (χ0) is 16.4. The van der Waals surface area contributed by atoms with Gasteiger partial charge in [0.1, 0.15) is 19.8 Å². The van der Waals surface area contributed by atoms with Crippen LogP contribution in [0.5, 0.6) is 11.5 Å². The predicted octanol–water partition coefficient (Wildman–Crippen LogP) is 4.23. The molecule has 2 heterocycles. The number of fused-ring (bicyclic) bond motifs is 1. The van der Waals surface area contributed by atoms with Crippen LogP contribution < -0.4 is 9.47 Å². The van der Waals surface area contributed by atoms with Gasteiger partial charge >= 0.3 is 0 Å². The topological polar surface area (TPSA) is 52.9 Å². The molecule has 1 aromatic heterocycles. The Morgan fingerprint density at radius 2 is 2.00 bits per heavy atom. The molecule has 122 valence electrons. The van der Waals surface area contributed by atoms with Gasteiger partial charge in [-0.2, -0.15) is 0 Å². The lowest BCUT2D eigenvalue weighted by Crippen LogP contribution is -2.15. The van der Waals surface area contributed by atoms with Crippen LogP contribution in [-0.2, 0) is 11.4 Å². The number of ether oxygens (including phenoxy) is 2. The normalized spacial score (nSPS) is 14.0. The van der Waals surface area contributed by atoms with Gasteiger partial charge in [-0.25, -0.2) is 4.98 Å². The molecule has 0 saturated heterocycles. The smallest absolute Gasteiger partial charge is 0.162 e. The Bertz CT molecular complexity index is 758. The molecular weight excluding hydrogens is 380 g/mol. The number of halogens is 1. The summed E-state index contributed by atoms with van der Waals surface area (Å²) in [5.74, 6) is 1.50. The van der Waals surface area contributed by atoms with Crippen molar-refractivity contribution in [2.45, 2.75) is 27.4 Å². The van der Waals surface area contributed by atoms with E-state index in [0.29, 0.717) is 19.8 Å². The molecule has 0 atom stereocenters. The zero-order valence-electron chi connectivity index (χ0n) is 13.2. The maximum atomic E-state index is 5.59. The van der Waals surface area contributed by atoms with Crippen LogP contribution in [-0.4, -0.2) is 23.9 Å². The summed E-state index contributed by atoms with van der Waals surface area (Å²) in [6.45, 7) is 7.39. The summed E-state index contributed by atoms with van der Waals surface area (Å²) < 4.78 is 12.1. The molecule has 23 heavy (non-hydrogen) atoms. The quantitative estimate of drug-likeness (QED) is 0.572. The van der Waals surface area contributed by atoms with Crippen LogP contribution >= 0.6 is 27.3 Å². The van der Waals surface area contributed by atoms with Crippen LogP contribution in [0.3, 0.4) is 0 Å². The molecule has 1 aliphatic rings. The van der Waals surface area contributed by atoms with E-state index in [-0.39, 0.29) is 0 Å². The third-order valence-electron chi connectivity index (χ3n) is 3.36. The van der Waals surface area contributed by atoms with E-state index in [1.165, 1.54) is 0 Å². The molecule has 1 aliphatic heterocycles. The second-order valence-electron chi connectivity index (χ2n) is 5.18. The molecule has 0 spiro atoms. The number of rotatable bonds is 4. The molecule has 0 unspecified atom stereocenters. The van der Waals surface area contributed by atoms with E-state index in [1.807, 2.05) is 32.9 Å². The third-order valence-corrected chi connectivity index (χ3v) is 5.28. The zero-order valence-corrected chi connectivity index (χ0v) is 15.6. The van der Waals surface area contributed by atoms with Crippen molar-refractivity contribution in [1.82, 2.24) is 4.98 Å². The summed E-state index contributed by atoms with van der Waals surface area (Å²) in [5.41, 5.74) is 2.78. The first-order chi connectivity index (χ1) is 11.0. The monoisotopic (exact) mass is 396 g/mol. The first-order valence-electron chi connectivity index (χ1n) is 7.23. The molecule has 0 radical (unpaired) electrons. The van der Waals surface area contributed by atoms with Crippen molar-refractivity contribution in [3.8, 4) is 11.5 Å². The van der Waals surface area contributed by atoms with Crippen molar-refractivity contribution in [3.05, 3.63) is 37.7 Å². The number of aromatic nitrogens is 1. The Kier molecular flexibility index (Phi) is 4.87. The fourth-order valence-corrected chi connectivity index (χ4v) is 3.62. The average Bonchev–Trinajstić information content (AvgIpc) is 2.86. The van der Waals surface area contributed by atoms with Gasteiger partial charge in [-0.05, 0) is 32.9 Å². The van der Waals surface area contributed by atoms with Crippen molar-refractivity contribution in [2.24, 2.45) is 5.16 Å². The van der Waals surface area contributed by atoms with E-state index < -0.39 is 0 Å². The second-order valence-corrected chi connectivity index (χ2v) is 7.24. The molecule has 3 rings (SSSR count). The van der Waals surface area contributed by atoms with Crippen LogP contribution in [0.4, 0.5) is 0 Å². The molecule has 0 saturated carbocycles. The van der Waals surface area contributed by atoms with E-state index in [0.717, 1.165) is 42.8 Å². The number of hydrogen-bond acceptors (Lipinski definition) is 6. The largest absolute Gasteiger partial charge is 0.486 e. The van der Waals surface area contributed by atoms with Gasteiger partial charge in [0.05, 0.1) is 21.3 Å². The number of aryl methyl sites for hydroxylation is 2. The fourth-order valence-electron chi connectivity index (χ4n) is 2.32. The molecule has 7 heteroatoms. The summed E-state index contributed by atoms with van der Waals surface area (Å²) in [6, 6.07) is 3.83. The lowest BCUT2D eigenvalue weighted by atomic mass is 10.2. The molecule has 0 N–H and O–H groups in total. The Hall–Kier alpha value is -1.60. The van der Waals surface area contributed by atoms with E-state index in [2.05, 4.69) is 26.1 Å². The van der Waals surface area contributed by atoms with Gasteiger partial charge in [-0.3, -0.25) is 0 Å². The molecule has 1 aromatic carbocycles. The number of benzene rings is 1. The van der Waals surface area contributed by atoms with Gasteiger partial charge in [0, 0.05) is 10.0 Å². The summed E-state index contributed by atoms with van der Waals surface area (Å²) >= 11 is 5.15. The van der Waals surface area contributed by atoms with Crippen LogP contribution in [0.25, 0.3) is 0 Å². The standard InChI is InChI=1S/C16H17BrN2O3S/c1-9-16(23-11(3)18-9)10(2)19-22-8-12-6-14-15(7-13(12)17)21-5-4-20-14/h6-7H,4-5,8H2,1-3H3. The van der Waals surface area contributed by atoms with Crippen molar-refractivity contribution in [3.63, 3.8) is 0 Å². The molecule has 0 aliphatic carbocycles. The van der Waals surface area contributed by atoms with Gasteiger partial charge in [0.2, 0.25) is 0 Å². The molecule has 0 fully saturated rings. The van der Waals surface area contributed by atoms with E-state index in [1.54, 1.807) is 11.3 Å². The highest BCUT2D eigenvalue weighted by molar-refractivity contribution is 9.10. The third kappa shape index (κ3) is 3.67. The summed E-state index contributed by atoms with van der Waals surface area (Å²) in [7, 11) is 0. The van der Waals surface area contributed by atoms with Gasteiger partial charge < -0.3 is 14.3 Å². The minimum absolute atomic E-state index is 0.353. The van der Waals surface area contributed by atoms with E-state index in [9.17, 15) is 0 Å². The Balaban J connectivity index is 1.71. The van der Waals surface area contributed by atoms with Gasteiger partial charge in [0.25, 0.3) is 0 Å². The lowest BCUT2D eigenvalue weighted by molar-refractivity contribution is 0.128. The van der Waals surface area contributed by atoms with Crippen molar-refractivity contribution < 1.29 is 14.3 Å². The van der Waals surface area contributed by atoms with Gasteiger partial charge in [-0.1, -0.05) is 21.1 Å². The minimum Gasteiger partial charge on any atom is -0.486 e. The van der Waals surface area contributed by atoms with Gasteiger partial charge in [0.15, 0.2) is 11.5 Å². The van der Waals surface area contributed by atoms with E-state index in [4.69, 9.17) is 14.3 Å². The van der Waals surface area contributed by atoms with E-state index >= 15 is 0 Å². The van der Waals surface area contributed by atoms with Crippen molar-refractivity contribution >= 4 is 33.0 Å². The number of hydrogen-bond donors (Lipinski definition) is 0. The average molecular weight is 397 g/mol. The number of thiazole rings is 1. The van der Waals surface area contributed by atoms with Crippen LogP contribution in [0.15, 0.2) is 21.8 Å². The van der Waals surface area contributed by atoms with Crippen LogP contribution in [0.2, 0.25) is 0 Å². The second kappa shape index (κ2) is 6.88. The SMILES string of the molecule is CC(=NOCc1cc2c(cc1Br)OCCO2)c1sc(C)nc1C. The molecule has 2 aromatic rings.